The minimum absolute atomic E-state index is 0.0422. The highest BCUT2D eigenvalue weighted by atomic mass is 32.2. The van der Waals surface area contributed by atoms with Crippen molar-refractivity contribution in [2.75, 3.05) is 13.6 Å². The number of sulfonamides is 1. The molecule has 0 bridgehead atoms. The summed E-state index contributed by atoms with van der Waals surface area (Å²) in [6.45, 7) is 0.165. The molecule has 1 aromatic carbocycles. The highest BCUT2D eigenvalue weighted by Gasteiger charge is 2.30. The molecule has 1 N–H and O–H groups in total. The highest BCUT2D eigenvalue weighted by Crippen LogP contribution is 2.26. The molecule has 27 heavy (non-hydrogen) atoms. The van der Waals surface area contributed by atoms with Gasteiger partial charge in [0.15, 0.2) is 17.3 Å². The third kappa shape index (κ3) is 3.14. The van der Waals surface area contributed by atoms with Gasteiger partial charge in [-0.25, -0.2) is 0 Å². The summed E-state index contributed by atoms with van der Waals surface area (Å²) < 4.78 is 29.8. The van der Waals surface area contributed by atoms with Crippen molar-refractivity contribution in [1.82, 2.24) is 24.8 Å². The van der Waals surface area contributed by atoms with Crippen molar-refractivity contribution in [2.24, 2.45) is 4.40 Å². The largest absolute Gasteiger partial charge is 0.349 e. The molecule has 0 radical (unpaired) electrons. The van der Waals surface area contributed by atoms with Gasteiger partial charge < -0.3 is 10.2 Å². The van der Waals surface area contributed by atoms with Crippen LogP contribution < -0.4 is 5.32 Å². The molecule has 4 rings (SSSR count). The number of hydrogen-bond acceptors (Lipinski definition) is 6. The first-order valence-corrected chi connectivity index (χ1v) is 9.60. The number of nitrogens with one attached hydrogen (secondary N) is 1. The van der Waals surface area contributed by atoms with Crippen molar-refractivity contribution in [2.45, 2.75) is 11.4 Å². The van der Waals surface area contributed by atoms with Crippen molar-refractivity contribution < 1.29 is 13.2 Å². The van der Waals surface area contributed by atoms with Gasteiger partial charge in [-0.05, 0) is 24.3 Å². The summed E-state index contributed by atoms with van der Waals surface area (Å²) in [7, 11) is -2.09. The van der Waals surface area contributed by atoms with Gasteiger partial charge in [0, 0.05) is 18.8 Å². The summed E-state index contributed by atoms with van der Waals surface area (Å²) in [4.78, 5) is 14.0. The summed E-state index contributed by atoms with van der Waals surface area (Å²) in [6.07, 6.45) is 1.82. The minimum atomic E-state index is -3.71. The zero-order valence-corrected chi connectivity index (χ0v) is 15.2. The van der Waals surface area contributed by atoms with Gasteiger partial charge in [-0.3, -0.25) is 9.20 Å². The fourth-order valence-electron chi connectivity index (χ4n) is 2.90. The van der Waals surface area contributed by atoms with Crippen molar-refractivity contribution in [3.05, 3.63) is 60.0 Å². The van der Waals surface area contributed by atoms with E-state index in [2.05, 4.69) is 19.9 Å². The van der Waals surface area contributed by atoms with Crippen LogP contribution in [0.4, 0.5) is 0 Å². The van der Waals surface area contributed by atoms with E-state index in [1.165, 1.54) is 11.0 Å². The standard InChI is InChI=1S/C17H16N6O3S/c1-22(17-12-6-2-3-7-13(12)27(25,26)21-17)11-16(24)18-10-15-20-19-14-8-4-5-9-23(14)15/h2-9H,10-11H2,1H3,(H,18,24). The number of fused-ring (bicyclic) bond motifs is 2. The third-order valence-electron chi connectivity index (χ3n) is 4.18. The summed E-state index contributed by atoms with van der Waals surface area (Å²) in [5.74, 6) is 0.580. The van der Waals surface area contributed by atoms with E-state index >= 15 is 0 Å². The molecule has 10 heteroatoms. The number of amides is 1. The summed E-state index contributed by atoms with van der Waals surface area (Å²) >= 11 is 0. The Kier molecular flexibility index (Phi) is 4.11. The van der Waals surface area contributed by atoms with E-state index in [0.717, 1.165) is 0 Å². The molecule has 0 atom stereocenters. The van der Waals surface area contributed by atoms with Gasteiger partial charge >= 0.3 is 0 Å². The number of amidine groups is 1. The Morgan fingerprint density at radius 3 is 2.78 bits per heavy atom. The number of benzene rings is 1. The molecule has 3 heterocycles. The van der Waals surface area contributed by atoms with E-state index in [0.29, 0.717) is 17.0 Å². The fraction of sp³-hybridized carbons (Fsp3) is 0.176. The molecular weight excluding hydrogens is 368 g/mol. The lowest BCUT2D eigenvalue weighted by Crippen LogP contribution is -2.38. The second-order valence-electron chi connectivity index (χ2n) is 6.06. The van der Waals surface area contributed by atoms with Crippen LogP contribution in [0, 0.1) is 0 Å². The average Bonchev–Trinajstić information content (AvgIpc) is 3.19. The average molecular weight is 384 g/mol. The molecule has 2 aromatic heterocycles. The number of nitrogens with zero attached hydrogens (tertiary/aromatic N) is 5. The Bertz CT molecular complexity index is 1170. The molecular formula is C17H16N6O3S. The maximum absolute atomic E-state index is 12.3. The van der Waals surface area contributed by atoms with E-state index in [-0.39, 0.29) is 29.7 Å². The zero-order chi connectivity index (χ0) is 19.0. The first-order valence-electron chi connectivity index (χ1n) is 8.16. The SMILES string of the molecule is CN(CC(=O)NCc1nnc2ccccn12)C1=NS(=O)(=O)c2ccccc21. The van der Waals surface area contributed by atoms with Crippen molar-refractivity contribution in [1.29, 1.82) is 0 Å². The van der Waals surface area contributed by atoms with Crippen LogP contribution in [-0.4, -0.2) is 53.3 Å². The van der Waals surface area contributed by atoms with Gasteiger partial charge in [0.25, 0.3) is 10.0 Å². The molecule has 0 unspecified atom stereocenters. The second-order valence-corrected chi connectivity index (χ2v) is 7.64. The maximum atomic E-state index is 12.3. The molecule has 0 spiro atoms. The Balaban J connectivity index is 1.44. The molecule has 9 nitrogen and oxygen atoms in total. The first kappa shape index (κ1) is 17.2. The molecule has 1 amide bonds. The van der Waals surface area contributed by atoms with Crippen LogP contribution in [0.5, 0.6) is 0 Å². The van der Waals surface area contributed by atoms with Crippen molar-refractivity contribution >= 4 is 27.4 Å². The van der Waals surface area contributed by atoms with Crippen LogP contribution in [0.3, 0.4) is 0 Å². The maximum Gasteiger partial charge on any atom is 0.285 e. The van der Waals surface area contributed by atoms with Crippen LogP contribution in [0.15, 0.2) is 58.0 Å². The molecule has 0 saturated carbocycles. The first-order chi connectivity index (χ1) is 13.0. The Morgan fingerprint density at radius 1 is 1.15 bits per heavy atom. The smallest absolute Gasteiger partial charge is 0.285 e. The van der Waals surface area contributed by atoms with Crippen LogP contribution in [0.25, 0.3) is 5.65 Å². The predicted molar refractivity (Wildman–Crippen MR) is 97.6 cm³/mol. The predicted octanol–water partition coefficient (Wildman–Crippen LogP) is 0.426. The lowest BCUT2D eigenvalue weighted by Gasteiger charge is -2.18. The zero-order valence-electron chi connectivity index (χ0n) is 14.4. The summed E-state index contributed by atoms with van der Waals surface area (Å²) in [5, 5.41) is 10.8. The van der Waals surface area contributed by atoms with Gasteiger partial charge in [-0.2, -0.15) is 8.42 Å². The molecule has 0 saturated heterocycles. The van der Waals surface area contributed by atoms with E-state index in [9.17, 15) is 13.2 Å². The van der Waals surface area contributed by atoms with Gasteiger partial charge in [-0.1, -0.05) is 18.2 Å². The Morgan fingerprint density at radius 2 is 1.93 bits per heavy atom. The number of hydrogen-bond donors (Lipinski definition) is 1. The van der Waals surface area contributed by atoms with Crippen LogP contribution in [0.2, 0.25) is 0 Å². The minimum Gasteiger partial charge on any atom is -0.349 e. The normalized spacial score (nSPS) is 14.6. The molecule has 138 valence electrons. The fourth-order valence-corrected chi connectivity index (χ4v) is 4.15. The lowest BCUT2D eigenvalue weighted by atomic mass is 10.2. The quantitative estimate of drug-likeness (QED) is 0.699. The van der Waals surface area contributed by atoms with Gasteiger partial charge in [0.05, 0.1) is 13.1 Å². The number of likely N-dealkylation sites (N-methyl/N-ethyl adjacent to an activating group) is 1. The summed E-state index contributed by atoms with van der Waals surface area (Å²) in [5.41, 5.74) is 1.19. The third-order valence-corrected chi connectivity index (χ3v) is 5.51. The molecule has 3 aromatic rings. The second kappa shape index (κ2) is 6.47. The van der Waals surface area contributed by atoms with Gasteiger partial charge in [0.1, 0.15) is 4.90 Å². The highest BCUT2D eigenvalue weighted by molar-refractivity contribution is 7.90. The van der Waals surface area contributed by atoms with Crippen LogP contribution >= 0.6 is 0 Å². The number of rotatable bonds is 4. The van der Waals surface area contributed by atoms with Crippen LogP contribution in [-0.2, 0) is 21.4 Å². The monoisotopic (exact) mass is 384 g/mol. The molecule has 1 aliphatic heterocycles. The number of pyridine rings is 1. The van der Waals surface area contributed by atoms with E-state index in [4.69, 9.17) is 0 Å². The van der Waals surface area contributed by atoms with Gasteiger partial charge in [0.2, 0.25) is 5.91 Å². The van der Waals surface area contributed by atoms with E-state index in [1.807, 2.05) is 24.4 Å². The van der Waals surface area contributed by atoms with Crippen molar-refractivity contribution in [3.63, 3.8) is 0 Å². The van der Waals surface area contributed by atoms with Crippen molar-refractivity contribution in [3.8, 4) is 0 Å². The lowest BCUT2D eigenvalue weighted by molar-refractivity contribution is -0.121. The van der Waals surface area contributed by atoms with E-state index in [1.54, 1.807) is 29.6 Å². The topological polar surface area (TPSA) is 109 Å². The molecule has 1 aliphatic rings. The van der Waals surface area contributed by atoms with E-state index < -0.39 is 10.0 Å². The molecule has 0 aliphatic carbocycles. The Hall–Kier alpha value is -3.27. The van der Waals surface area contributed by atoms with Crippen LogP contribution in [0.1, 0.15) is 11.4 Å². The number of aromatic nitrogens is 3. The number of carbonyl (C=O) groups excluding carboxylic acids is 1. The number of carbonyl (C=O) groups is 1. The summed E-state index contributed by atoms with van der Waals surface area (Å²) in [6, 6.07) is 12.1. The Labute approximate surface area is 155 Å². The molecule has 0 fully saturated rings. The van der Waals surface area contributed by atoms with Gasteiger partial charge in [-0.15, -0.1) is 14.6 Å².